The van der Waals surface area contributed by atoms with Crippen LogP contribution in [0.15, 0.2) is 41.5 Å². The first-order valence-corrected chi connectivity index (χ1v) is 7.70. The van der Waals surface area contributed by atoms with E-state index in [4.69, 9.17) is 0 Å². The van der Waals surface area contributed by atoms with Crippen molar-refractivity contribution in [2.45, 2.75) is 31.7 Å². The first-order valence-electron chi connectivity index (χ1n) is 7.70. The minimum atomic E-state index is -0.390. The first kappa shape index (κ1) is 15.4. The van der Waals surface area contributed by atoms with E-state index in [0.29, 0.717) is 24.6 Å². The van der Waals surface area contributed by atoms with Gasteiger partial charge in [0.1, 0.15) is 5.82 Å². The molecule has 0 bridgehead atoms. The molecule has 1 fully saturated rings. The minimum absolute atomic E-state index is 0.0135. The zero-order valence-electron chi connectivity index (χ0n) is 12.7. The van der Waals surface area contributed by atoms with Crippen molar-refractivity contribution in [3.63, 3.8) is 0 Å². The SMILES string of the molecule is O=C(Cc1ccccc1F)NCCn1cnc(C2CC2)cc1=O. The van der Waals surface area contributed by atoms with Crippen molar-refractivity contribution in [3.8, 4) is 0 Å². The fourth-order valence-electron chi connectivity index (χ4n) is 2.40. The summed E-state index contributed by atoms with van der Waals surface area (Å²) in [4.78, 5) is 28.0. The molecule has 1 N–H and O–H groups in total. The Kier molecular flexibility index (Phi) is 4.50. The number of carbonyl (C=O) groups is 1. The van der Waals surface area contributed by atoms with E-state index in [-0.39, 0.29) is 17.9 Å². The molecule has 2 aromatic rings. The monoisotopic (exact) mass is 315 g/mol. The molecule has 1 aliphatic carbocycles. The second kappa shape index (κ2) is 6.73. The van der Waals surface area contributed by atoms with Gasteiger partial charge in [-0.15, -0.1) is 0 Å². The third-order valence-corrected chi connectivity index (χ3v) is 3.88. The molecular weight excluding hydrogens is 297 g/mol. The number of hydrogen-bond acceptors (Lipinski definition) is 3. The number of carbonyl (C=O) groups excluding carboxylic acids is 1. The zero-order chi connectivity index (χ0) is 16.2. The Hall–Kier alpha value is -2.50. The molecule has 0 atom stereocenters. The maximum absolute atomic E-state index is 13.5. The number of halogens is 1. The van der Waals surface area contributed by atoms with Crippen molar-refractivity contribution in [1.82, 2.24) is 14.9 Å². The Morgan fingerprint density at radius 2 is 2.13 bits per heavy atom. The average Bonchev–Trinajstić information content (AvgIpc) is 3.36. The fourth-order valence-corrected chi connectivity index (χ4v) is 2.40. The van der Waals surface area contributed by atoms with Crippen molar-refractivity contribution >= 4 is 5.91 Å². The van der Waals surface area contributed by atoms with Gasteiger partial charge < -0.3 is 5.32 Å². The van der Waals surface area contributed by atoms with E-state index in [1.165, 1.54) is 17.0 Å². The molecule has 1 aromatic carbocycles. The Balaban J connectivity index is 1.50. The number of benzene rings is 1. The first-order chi connectivity index (χ1) is 11.1. The highest BCUT2D eigenvalue weighted by atomic mass is 19.1. The van der Waals surface area contributed by atoms with E-state index in [9.17, 15) is 14.0 Å². The zero-order valence-corrected chi connectivity index (χ0v) is 12.7. The molecule has 6 heteroatoms. The van der Waals surface area contributed by atoms with Gasteiger partial charge in [0.2, 0.25) is 5.91 Å². The summed E-state index contributed by atoms with van der Waals surface area (Å²) in [6, 6.07) is 7.76. The molecule has 120 valence electrons. The molecule has 3 rings (SSSR count). The lowest BCUT2D eigenvalue weighted by atomic mass is 10.1. The van der Waals surface area contributed by atoms with E-state index in [1.54, 1.807) is 24.3 Å². The lowest BCUT2D eigenvalue weighted by Gasteiger charge is -2.08. The minimum Gasteiger partial charge on any atom is -0.354 e. The average molecular weight is 315 g/mol. The highest BCUT2D eigenvalue weighted by molar-refractivity contribution is 5.78. The van der Waals surface area contributed by atoms with Gasteiger partial charge in [0, 0.05) is 25.1 Å². The summed E-state index contributed by atoms with van der Waals surface area (Å²) in [6.07, 6.45) is 3.71. The van der Waals surface area contributed by atoms with Crippen LogP contribution in [0.4, 0.5) is 4.39 Å². The highest BCUT2D eigenvalue weighted by Gasteiger charge is 2.25. The fraction of sp³-hybridized carbons (Fsp3) is 0.353. The normalized spacial score (nSPS) is 13.8. The maximum atomic E-state index is 13.5. The van der Waals surface area contributed by atoms with Gasteiger partial charge in [0.05, 0.1) is 18.4 Å². The molecule has 1 amide bonds. The van der Waals surface area contributed by atoms with Crippen LogP contribution in [0.2, 0.25) is 0 Å². The number of nitrogens with one attached hydrogen (secondary N) is 1. The standard InChI is InChI=1S/C17H18FN3O2/c18-14-4-2-1-3-13(14)9-16(22)19-7-8-21-11-20-15(10-17(21)23)12-5-6-12/h1-4,10-12H,5-9H2,(H,19,22). The van der Waals surface area contributed by atoms with Crippen LogP contribution in [0.25, 0.3) is 0 Å². The van der Waals surface area contributed by atoms with E-state index in [0.717, 1.165) is 18.5 Å². The number of nitrogens with zero attached hydrogens (tertiary/aromatic N) is 2. The summed E-state index contributed by atoms with van der Waals surface area (Å²) in [5.74, 6) is -0.220. The quantitative estimate of drug-likeness (QED) is 0.881. The number of hydrogen-bond donors (Lipinski definition) is 1. The largest absolute Gasteiger partial charge is 0.354 e. The van der Waals surface area contributed by atoms with Crippen molar-refractivity contribution in [1.29, 1.82) is 0 Å². The molecule has 1 heterocycles. The summed E-state index contributed by atoms with van der Waals surface area (Å²) in [5, 5.41) is 2.69. The van der Waals surface area contributed by atoms with E-state index >= 15 is 0 Å². The molecule has 0 spiro atoms. The second-order valence-corrected chi connectivity index (χ2v) is 5.74. The van der Waals surface area contributed by atoms with Crippen LogP contribution in [0.3, 0.4) is 0 Å². The predicted octanol–water partition coefficient (Wildman–Crippen LogP) is 1.62. The highest BCUT2D eigenvalue weighted by Crippen LogP contribution is 2.38. The predicted molar refractivity (Wildman–Crippen MR) is 83.6 cm³/mol. The van der Waals surface area contributed by atoms with Gasteiger partial charge in [-0.3, -0.25) is 14.2 Å². The smallest absolute Gasteiger partial charge is 0.253 e. The van der Waals surface area contributed by atoms with Gasteiger partial charge in [-0.25, -0.2) is 9.37 Å². The molecule has 23 heavy (non-hydrogen) atoms. The summed E-state index contributed by atoms with van der Waals surface area (Å²) >= 11 is 0. The van der Waals surface area contributed by atoms with Crippen molar-refractivity contribution in [2.24, 2.45) is 0 Å². The van der Waals surface area contributed by atoms with Crippen molar-refractivity contribution < 1.29 is 9.18 Å². The summed E-state index contributed by atoms with van der Waals surface area (Å²) in [6.45, 7) is 0.650. The van der Waals surface area contributed by atoms with Gasteiger partial charge >= 0.3 is 0 Å². The van der Waals surface area contributed by atoms with Crippen LogP contribution in [-0.4, -0.2) is 22.0 Å². The van der Waals surface area contributed by atoms with Gasteiger partial charge in [-0.2, -0.15) is 0 Å². The molecular formula is C17H18FN3O2. The van der Waals surface area contributed by atoms with E-state index < -0.39 is 5.82 Å². The van der Waals surface area contributed by atoms with Crippen LogP contribution in [0, 0.1) is 5.82 Å². The van der Waals surface area contributed by atoms with Crippen molar-refractivity contribution in [2.75, 3.05) is 6.54 Å². The molecule has 0 aliphatic heterocycles. The molecule has 0 radical (unpaired) electrons. The van der Waals surface area contributed by atoms with Crippen LogP contribution in [0.1, 0.15) is 30.0 Å². The maximum Gasteiger partial charge on any atom is 0.253 e. The molecule has 1 saturated carbocycles. The Bertz CT molecular complexity index is 768. The second-order valence-electron chi connectivity index (χ2n) is 5.74. The number of rotatable bonds is 6. The van der Waals surface area contributed by atoms with E-state index in [2.05, 4.69) is 10.3 Å². The van der Waals surface area contributed by atoms with Gasteiger partial charge in [0.25, 0.3) is 5.56 Å². The summed E-state index contributed by atoms with van der Waals surface area (Å²) < 4.78 is 14.9. The van der Waals surface area contributed by atoms with Crippen molar-refractivity contribution in [3.05, 3.63) is 64.1 Å². The molecule has 5 nitrogen and oxygen atoms in total. The summed E-state index contributed by atoms with van der Waals surface area (Å²) in [7, 11) is 0. The summed E-state index contributed by atoms with van der Waals surface area (Å²) in [5.41, 5.74) is 1.11. The number of aromatic nitrogens is 2. The van der Waals surface area contributed by atoms with E-state index in [1.807, 2.05) is 0 Å². The Morgan fingerprint density at radius 1 is 1.35 bits per heavy atom. The van der Waals surface area contributed by atoms with Crippen LogP contribution in [-0.2, 0) is 17.8 Å². The molecule has 1 aliphatic rings. The van der Waals surface area contributed by atoms with Gasteiger partial charge in [0.15, 0.2) is 0 Å². The van der Waals surface area contributed by atoms with Crippen LogP contribution < -0.4 is 10.9 Å². The Labute approximate surface area is 133 Å². The molecule has 1 aromatic heterocycles. The Morgan fingerprint density at radius 3 is 2.83 bits per heavy atom. The third-order valence-electron chi connectivity index (χ3n) is 3.88. The third kappa shape index (κ3) is 4.03. The topological polar surface area (TPSA) is 64.0 Å². The number of amides is 1. The van der Waals surface area contributed by atoms with Gasteiger partial charge in [-0.05, 0) is 24.5 Å². The lowest BCUT2D eigenvalue weighted by molar-refractivity contribution is -0.120. The molecule has 0 unspecified atom stereocenters. The van der Waals surface area contributed by atoms with Crippen LogP contribution >= 0.6 is 0 Å². The van der Waals surface area contributed by atoms with Crippen LogP contribution in [0.5, 0.6) is 0 Å². The van der Waals surface area contributed by atoms with Gasteiger partial charge in [-0.1, -0.05) is 18.2 Å². The lowest BCUT2D eigenvalue weighted by Crippen LogP contribution is -2.32. The molecule has 0 saturated heterocycles.